The van der Waals surface area contributed by atoms with E-state index in [0.717, 1.165) is 30.0 Å². The van der Waals surface area contributed by atoms with Gasteiger partial charge in [0.15, 0.2) is 17.2 Å². The zero-order valence-corrected chi connectivity index (χ0v) is 15.3. The Hall–Kier alpha value is -3.48. The molecule has 0 bridgehead atoms. The maximum Gasteiger partial charge on any atom is 0.276 e. The van der Waals surface area contributed by atoms with Crippen LogP contribution in [0.1, 0.15) is 34.9 Å². The summed E-state index contributed by atoms with van der Waals surface area (Å²) in [6, 6.07) is 14.9. The number of hydrogen-bond donors (Lipinski definition) is 1. The van der Waals surface area contributed by atoms with Crippen molar-refractivity contribution >= 4 is 11.6 Å². The number of nitrogens with zero attached hydrogens (tertiary/aromatic N) is 2. The predicted octanol–water partition coefficient (Wildman–Crippen LogP) is 3.74. The van der Waals surface area contributed by atoms with Gasteiger partial charge in [0.05, 0.1) is 12.8 Å². The SMILES string of the molecule is COc1ccc(-n2nc(C(=O)Nc3ccc4c(c3)OCO4)cc2C2CC2)cc1. The number of fused-ring (bicyclic) bond motifs is 1. The summed E-state index contributed by atoms with van der Waals surface area (Å²) in [5.41, 5.74) is 2.99. The molecule has 7 heteroatoms. The van der Waals surface area contributed by atoms with Gasteiger partial charge in [-0.3, -0.25) is 4.79 Å². The maximum atomic E-state index is 12.8. The minimum atomic E-state index is -0.256. The van der Waals surface area contributed by atoms with Gasteiger partial charge in [-0.05, 0) is 55.3 Å². The molecule has 0 atom stereocenters. The standard InChI is InChI=1S/C21H19N3O4/c1-26-16-7-5-15(6-8-16)24-18(13-2-3-13)11-17(23-24)21(25)22-14-4-9-19-20(10-14)28-12-27-19/h4-11,13H,2-3,12H2,1H3,(H,22,25). The molecule has 0 radical (unpaired) electrons. The molecule has 3 aromatic rings. The number of carbonyl (C=O) groups excluding carboxylic acids is 1. The number of aromatic nitrogens is 2. The molecule has 28 heavy (non-hydrogen) atoms. The molecule has 5 rings (SSSR count). The molecule has 2 aliphatic rings. The van der Waals surface area contributed by atoms with Crippen LogP contribution in [0, 0.1) is 0 Å². The van der Waals surface area contributed by atoms with Gasteiger partial charge in [0.1, 0.15) is 5.75 Å². The number of nitrogens with one attached hydrogen (secondary N) is 1. The van der Waals surface area contributed by atoms with Crippen molar-refractivity contribution in [3.8, 4) is 22.9 Å². The average Bonchev–Trinajstić information content (AvgIpc) is 3.29. The lowest BCUT2D eigenvalue weighted by Gasteiger charge is -2.07. The van der Waals surface area contributed by atoms with Crippen molar-refractivity contribution in [3.63, 3.8) is 0 Å². The van der Waals surface area contributed by atoms with Crippen molar-refractivity contribution in [2.45, 2.75) is 18.8 Å². The normalized spacial score (nSPS) is 14.8. The zero-order valence-electron chi connectivity index (χ0n) is 15.3. The van der Waals surface area contributed by atoms with E-state index in [0.29, 0.717) is 28.8 Å². The van der Waals surface area contributed by atoms with E-state index < -0.39 is 0 Å². The first-order chi connectivity index (χ1) is 13.7. The lowest BCUT2D eigenvalue weighted by atomic mass is 10.2. The van der Waals surface area contributed by atoms with Gasteiger partial charge in [-0.1, -0.05) is 0 Å². The predicted molar refractivity (Wildman–Crippen MR) is 103 cm³/mol. The minimum Gasteiger partial charge on any atom is -0.497 e. The zero-order chi connectivity index (χ0) is 19.1. The minimum absolute atomic E-state index is 0.198. The largest absolute Gasteiger partial charge is 0.497 e. The van der Waals surface area contributed by atoms with Gasteiger partial charge in [0.25, 0.3) is 5.91 Å². The molecule has 1 aliphatic carbocycles. The molecule has 2 heterocycles. The molecule has 1 aliphatic heterocycles. The second kappa shape index (κ2) is 6.60. The van der Waals surface area contributed by atoms with E-state index in [-0.39, 0.29) is 12.7 Å². The fourth-order valence-electron chi connectivity index (χ4n) is 3.28. The second-order valence-corrected chi connectivity index (χ2v) is 6.86. The number of benzene rings is 2. The number of carbonyl (C=O) groups is 1. The second-order valence-electron chi connectivity index (χ2n) is 6.86. The molecule has 1 amide bonds. The highest BCUT2D eigenvalue weighted by molar-refractivity contribution is 6.03. The van der Waals surface area contributed by atoms with Crippen LogP contribution in [0.3, 0.4) is 0 Å². The van der Waals surface area contributed by atoms with Gasteiger partial charge < -0.3 is 19.5 Å². The van der Waals surface area contributed by atoms with E-state index >= 15 is 0 Å². The Morgan fingerprint density at radius 3 is 2.64 bits per heavy atom. The van der Waals surface area contributed by atoms with Crippen molar-refractivity contribution in [3.05, 3.63) is 59.9 Å². The Balaban J connectivity index is 1.42. The molecule has 142 valence electrons. The first-order valence-corrected chi connectivity index (χ1v) is 9.16. The van der Waals surface area contributed by atoms with E-state index in [9.17, 15) is 4.79 Å². The average molecular weight is 377 g/mol. The maximum absolute atomic E-state index is 12.8. The van der Waals surface area contributed by atoms with Crippen molar-refractivity contribution in [2.24, 2.45) is 0 Å². The van der Waals surface area contributed by atoms with Gasteiger partial charge in [-0.25, -0.2) is 4.68 Å². The van der Waals surface area contributed by atoms with E-state index in [4.69, 9.17) is 14.2 Å². The Bertz CT molecular complexity index is 1040. The number of methoxy groups -OCH3 is 1. The third-order valence-corrected chi connectivity index (χ3v) is 4.91. The van der Waals surface area contributed by atoms with Crippen LogP contribution >= 0.6 is 0 Å². The van der Waals surface area contributed by atoms with Crippen LogP contribution in [0.15, 0.2) is 48.5 Å². The number of hydrogen-bond acceptors (Lipinski definition) is 5. The monoisotopic (exact) mass is 377 g/mol. The molecule has 1 aromatic heterocycles. The first kappa shape index (κ1) is 16.7. The number of ether oxygens (including phenoxy) is 3. The Morgan fingerprint density at radius 2 is 1.89 bits per heavy atom. The van der Waals surface area contributed by atoms with Crippen LogP contribution in [0.2, 0.25) is 0 Å². The lowest BCUT2D eigenvalue weighted by Crippen LogP contribution is -2.13. The molecule has 1 saturated carbocycles. The van der Waals surface area contributed by atoms with Crippen LogP contribution in [-0.2, 0) is 0 Å². The highest BCUT2D eigenvalue weighted by Crippen LogP contribution is 2.41. The van der Waals surface area contributed by atoms with Gasteiger partial charge in [-0.15, -0.1) is 0 Å². The first-order valence-electron chi connectivity index (χ1n) is 9.16. The molecule has 0 spiro atoms. The summed E-state index contributed by atoms with van der Waals surface area (Å²) in [6.07, 6.45) is 2.23. The molecule has 0 unspecified atom stereocenters. The van der Waals surface area contributed by atoms with Crippen LogP contribution in [-0.4, -0.2) is 29.6 Å². The topological polar surface area (TPSA) is 74.6 Å². The molecule has 2 aromatic carbocycles. The third-order valence-electron chi connectivity index (χ3n) is 4.91. The molecule has 0 saturated heterocycles. The van der Waals surface area contributed by atoms with Gasteiger partial charge >= 0.3 is 0 Å². The van der Waals surface area contributed by atoms with Crippen molar-refractivity contribution < 1.29 is 19.0 Å². The molecule has 7 nitrogen and oxygen atoms in total. The van der Waals surface area contributed by atoms with Gasteiger partial charge in [-0.2, -0.15) is 5.10 Å². The highest BCUT2D eigenvalue weighted by Gasteiger charge is 2.30. The molecular weight excluding hydrogens is 358 g/mol. The van der Waals surface area contributed by atoms with Gasteiger partial charge in [0, 0.05) is 23.4 Å². The Morgan fingerprint density at radius 1 is 1.11 bits per heavy atom. The number of amides is 1. The van der Waals surface area contributed by atoms with Crippen LogP contribution in [0.5, 0.6) is 17.2 Å². The smallest absolute Gasteiger partial charge is 0.276 e. The van der Waals surface area contributed by atoms with E-state index in [1.807, 2.05) is 35.0 Å². The summed E-state index contributed by atoms with van der Waals surface area (Å²) in [6.45, 7) is 0.198. The highest BCUT2D eigenvalue weighted by atomic mass is 16.7. The fourth-order valence-corrected chi connectivity index (χ4v) is 3.28. The lowest BCUT2D eigenvalue weighted by molar-refractivity contribution is 0.102. The fraction of sp³-hybridized carbons (Fsp3) is 0.238. The van der Waals surface area contributed by atoms with E-state index in [1.165, 1.54) is 0 Å². The summed E-state index contributed by atoms with van der Waals surface area (Å²) < 4.78 is 17.7. The Kier molecular flexibility index (Phi) is 3.93. The third kappa shape index (κ3) is 3.05. The van der Waals surface area contributed by atoms with Crippen LogP contribution in [0.25, 0.3) is 5.69 Å². The van der Waals surface area contributed by atoms with Crippen molar-refractivity contribution in [2.75, 3.05) is 19.2 Å². The van der Waals surface area contributed by atoms with Gasteiger partial charge in [0.2, 0.25) is 6.79 Å². The van der Waals surface area contributed by atoms with Crippen LogP contribution in [0.4, 0.5) is 5.69 Å². The molecular formula is C21H19N3O4. The van der Waals surface area contributed by atoms with E-state index in [1.54, 1.807) is 25.3 Å². The summed E-state index contributed by atoms with van der Waals surface area (Å²) in [4.78, 5) is 12.8. The van der Waals surface area contributed by atoms with E-state index in [2.05, 4.69) is 10.4 Å². The molecule has 1 N–H and O–H groups in total. The number of anilines is 1. The molecule has 1 fully saturated rings. The Labute approximate surface area is 161 Å². The van der Waals surface area contributed by atoms with Crippen molar-refractivity contribution in [1.82, 2.24) is 9.78 Å². The summed E-state index contributed by atoms with van der Waals surface area (Å²) >= 11 is 0. The summed E-state index contributed by atoms with van der Waals surface area (Å²) in [7, 11) is 1.64. The van der Waals surface area contributed by atoms with Crippen LogP contribution < -0.4 is 19.5 Å². The number of rotatable bonds is 5. The summed E-state index contributed by atoms with van der Waals surface area (Å²) in [5.74, 6) is 2.28. The summed E-state index contributed by atoms with van der Waals surface area (Å²) in [5, 5.41) is 7.46. The van der Waals surface area contributed by atoms with Crippen molar-refractivity contribution in [1.29, 1.82) is 0 Å². The quantitative estimate of drug-likeness (QED) is 0.733.